The summed E-state index contributed by atoms with van der Waals surface area (Å²) in [5.74, 6) is 0. The first kappa shape index (κ1) is 20.0. The van der Waals surface area contributed by atoms with Gasteiger partial charge in [0.05, 0.1) is 0 Å². The Morgan fingerprint density at radius 2 is 1.48 bits per heavy atom. The summed E-state index contributed by atoms with van der Waals surface area (Å²) in [5, 5.41) is 3.27. The van der Waals surface area contributed by atoms with E-state index in [1.807, 2.05) is 4.90 Å². The molecule has 1 heterocycles. The predicted octanol–water partition coefficient (Wildman–Crippen LogP) is 4.63. The van der Waals surface area contributed by atoms with Crippen molar-refractivity contribution >= 4 is 6.03 Å². The van der Waals surface area contributed by atoms with Crippen LogP contribution in [0.1, 0.15) is 49.3 Å². The Labute approximate surface area is 174 Å². The van der Waals surface area contributed by atoms with Crippen molar-refractivity contribution in [1.82, 2.24) is 15.1 Å². The molecular formula is C25H33N3O. The molecule has 4 heteroatoms. The molecule has 29 heavy (non-hydrogen) atoms. The number of nitrogens with one attached hydrogen (secondary N) is 1. The summed E-state index contributed by atoms with van der Waals surface area (Å²) >= 11 is 0. The van der Waals surface area contributed by atoms with E-state index in [2.05, 4.69) is 70.9 Å². The van der Waals surface area contributed by atoms with Gasteiger partial charge in [-0.3, -0.25) is 4.90 Å². The second-order valence-electron chi connectivity index (χ2n) is 8.42. The van der Waals surface area contributed by atoms with Gasteiger partial charge < -0.3 is 10.2 Å². The SMILES string of the molecule is O=C(NC1CCCCC1)N1CCN(C(Cc2ccccc2)c2ccccc2)CC1. The van der Waals surface area contributed by atoms with Crippen molar-refractivity contribution in [2.75, 3.05) is 26.2 Å². The molecule has 1 N–H and O–H groups in total. The monoisotopic (exact) mass is 391 g/mol. The number of amides is 2. The third kappa shape index (κ3) is 5.39. The zero-order chi connectivity index (χ0) is 19.9. The minimum absolute atomic E-state index is 0.135. The van der Waals surface area contributed by atoms with Crippen LogP contribution in [0.5, 0.6) is 0 Å². The molecule has 0 radical (unpaired) electrons. The van der Waals surface area contributed by atoms with Crippen molar-refractivity contribution in [1.29, 1.82) is 0 Å². The van der Waals surface area contributed by atoms with E-state index in [4.69, 9.17) is 0 Å². The normalized spacial score (nSPS) is 19.7. The largest absolute Gasteiger partial charge is 0.335 e. The van der Waals surface area contributed by atoms with E-state index >= 15 is 0 Å². The maximum absolute atomic E-state index is 12.7. The lowest BCUT2D eigenvalue weighted by molar-refractivity contribution is 0.105. The summed E-state index contributed by atoms with van der Waals surface area (Å²) in [6.45, 7) is 3.45. The molecule has 1 saturated heterocycles. The second-order valence-corrected chi connectivity index (χ2v) is 8.42. The number of piperazine rings is 1. The molecule has 1 saturated carbocycles. The highest BCUT2D eigenvalue weighted by Gasteiger charge is 2.28. The number of hydrogen-bond acceptors (Lipinski definition) is 2. The smallest absolute Gasteiger partial charge is 0.317 e. The minimum Gasteiger partial charge on any atom is -0.335 e. The minimum atomic E-state index is 0.135. The molecule has 1 aliphatic heterocycles. The van der Waals surface area contributed by atoms with Crippen molar-refractivity contribution in [3.8, 4) is 0 Å². The van der Waals surface area contributed by atoms with Gasteiger partial charge >= 0.3 is 6.03 Å². The molecule has 4 nitrogen and oxygen atoms in total. The third-order valence-electron chi connectivity index (χ3n) is 6.43. The summed E-state index contributed by atoms with van der Waals surface area (Å²) in [7, 11) is 0. The molecule has 0 aromatic heterocycles. The van der Waals surface area contributed by atoms with Crippen molar-refractivity contribution in [2.24, 2.45) is 0 Å². The van der Waals surface area contributed by atoms with Gasteiger partial charge in [0.2, 0.25) is 0 Å². The molecule has 154 valence electrons. The molecule has 1 atom stereocenters. The molecule has 0 spiro atoms. The van der Waals surface area contributed by atoms with E-state index in [0.29, 0.717) is 12.1 Å². The van der Waals surface area contributed by atoms with Crippen LogP contribution in [0.3, 0.4) is 0 Å². The Kier molecular flexibility index (Phi) is 6.83. The predicted molar refractivity (Wildman–Crippen MR) is 118 cm³/mol. The van der Waals surface area contributed by atoms with Crippen LogP contribution in [0, 0.1) is 0 Å². The zero-order valence-corrected chi connectivity index (χ0v) is 17.3. The average molecular weight is 392 g/mol. The number of carbonyl (C=O) groups is 1. The summed E-state index contributed by atoms with van der Waals surface area (Å²) in [6.07, 6.45) is 7.08. The van der Waals surface area contributed by atoms with Crippen LogP contribution in [0.25, 0.3) is 0 Å². The summed E-state index contributed by atoms with van der Waals surface area (Å²) in [4.78, 5) is 17.3. The van der Waals surface area contributed by atoms with E-state index in [1.54, 1.807) is 0 Å². The van der Waals surface area contributed by atoms with E-state index in [-0.39, 0.29) is 6.03 Å². The van der Waals surface area contributed by atoms with Gasteiger partial charge in [-0.25, -0.2) is 4.79 Å². The summed E-state index contributed by atoms with van der Waals surface area (Å²) in [5.41, 5.74) is 2.72. The van der Waals surface area contributed by atoms with Crippen molar-refractivity contribution < 1.29 is 4.79 Å². The van der Waals surface area contributed by atoms with Crippen LogP contribution in [-0.4, -0.2) is 48.1 Å². The molecule has 4 rings (SSSR count). The fourth-order valence-corrected chi connectivity index (χ4v) is 4.72. The lowest BCUT2D eigenvalue weighted by Gasteiger charge is -2.40. The standard InChI is InChI=1S/C25H33N3O/c29-25(26-23-14-8-3-9-15-23)28-18-16-27(17-19-28)24(22-12-6-2-7-13-22)20-21-10-4-1-5-11-21/h1-2,4-7,10-13,23-24H,3,8-9,14-20H2,(H,26,29). The number of hydrogen-bond donors (Lipinski definition) is 1. The molecule has 1 unspecified atom stereocenters. The van der Waals surface area contributed by atoms with E-state index in [1.165, 1.54) is 30.4 Å². The van der Waals surface area contributed by atoms with Crippen LogP contribution in [-0.2, 0) is 6.42 Å². The first-order valence-corrected chi connectivity index (χ1v) is 11.2. The van der Waals surface area contributed by atoms with Gasteiger partial charge in [0.1, 0.15) is 0 Å². The quantitative estimate of drug-likeness (QED) is 0.807. The second kappa shape index (κ2) is 9.93. The molecule has 1 aliphatic carbocycles. The van der Waals surface area contributed by atoms with E-state index in [0.717, 1.165) is 45.4 Å². The van der Waals surface area contributed by atoms with Crippen LogP contribution >= 0.6 is 0 Å². The van der Waals surface area contributed by atoms with Gasteiger partial charge in [0.15, 0.2) is 0 Å². The van der Waals surface area contributed by atoms with Gasteiger partial charge in [-0.1, -0.05) is 79.9 Å². The number of rotatable bonds is 5. The van der Waals surface area contributed by atoms with Crippen LogP contribution in [0.2, 0.25) is 0 Å². The number of nitrogens with zero attached hydrogens (tertiary/aromatic N) is 2. The van der Waals surface area contributed by atoms with Gasteiger partial charge in [0.25, 0.3) is 0 Å². The molecule has 2 amide bonds. The Morgan fingerprint density at radius 3 is 2.14 bits per heavy atom. The maximum Gasteiger partial charge on any atom is 0.317 e. The Bertz CT molecular complexity index is 750. The molecule has 2 aromatic rings. The topological polar surface area (TPSA) is 35.6 Å². The van der Waals surface area contributed by atoms with E-state index < -0.39 is 0 Å². The van der Waals surface area contributed by atoms with Gasteiger partial charge in [-0.15, -0.1) is 0 Å². The molecule has 2 fully saturated rings. The lowest BCUT2D eigenvalue weighted by Crippen LogP contribution is -2.54. The van der Waals surface area contributed by atoms with Crippen molar-refractivity contribution in [3.63, 3.8) is 0 Å². The van der Waals surface area contributed by atoms with Gasteiger partial charge in [0, 0.05) is 38.3 Å². The summed E-state index contributed by atoms with van der Waals surface area (Å²) < 4.78 is 0. The molecular weight excluding hydrogens is 358 g/mol. The van der Waals surface area contributed by atoms with Crippen LogP contribution < -0.4 is 5.32 Å². The lowest BCUT2D eigenvalue weighted by atomic mass is 9.95. The molecule has 0 bridgehead atoms. The highest BCUT2D eigenvalue weighted by Crippen LogP contribution is 2.26. The van der Waals surface area contributed by atoms with Crippen LogP contribution in [0.15, 0.2) is 60.7 Å². The van der Waals surface area contributed by atoms with Crippen LogP contribution in [0.4, 0.5) is 4.79 Å². The molecule has 2 aliphatic rings. The first-order chi connectivity index (χ1) is 14.3. The third-order valence-corrected chi connectivity index (χ3v) is 6.43. The van der Waals surface area contributed by atoms with E-state index in [9.17, 15) is 4.79 Å². The highest BCUT2D eigenvalue weighted by molar-refractivity contribution is 5.74. The maximum atomic E-state index is 12.7. The van der Waals surface area contributed by atoms with Crippen molar-refractivity contribution in [2.45, 2.75) is 50.6 Å². The Balaban J connectivity index is 1.38. The summed E-state index contributed by atoms with van der Waals surface area (Å²) in [6, 6.07) is 22.4. The highest BCUT2D eigenvalue weighted by atomic mass is 16.2. The average Bonchev–Trinajstić information content (AvgIpc) is 2.79. The van der Waals surface area contributed by atoms with Crippen molar-refractivity contribution in [3.05, 3.63) is 71.8 Å². The first-order valence-electron chi connectivity index (χ1n) is 11.2. The Morgan fingerprint density at radius 1 is 0.862 bits per heavy atom. The number of benzene rings is 2. The van der Waals surface area contributed by atoms with Gasteiger partial charge in [-0.2, -0.15) is 0 Å². The fraction of sp³-hybridized carbons (Fsp3) is 0.480. The number of carbonyl (C=O) groups excluding carboxylic acids is 1. The van der Waals surface area contributed by atoms with Gasteiger partial charge in [-0.05, 0) is 30.4 Å². The molecule has 2 aromatic carbocycles. The number of urea groups is 1. The Hall–Kier alpha value is -2.33. The zero-order valence-electron chi connectivity index (χ0n) is 17.3. The fourth-order valence-electron chi connectivity index (χ4n) is 4.72.